The van der Waals surface area contributed by atoms with Gasteiger partial charge in [0.2, 0.25) is 0 Å². The maximum atomic E-state index is 5.83. The van der Waals surface area contributed by atoms with Gasteiger partial charge < -0.3 is 14.8 Å². The molecule has 0 aliphatic carbocycles. The third-order valence-corrected chi connectivity index (χ3v) is 4.19. The van der Waals surface area contributed by atoms with E-state index in [1.165, 1.54) is 44.9 Å². The summed E-state index contributed by atoms with van der Waals surface area (Å²) < 4.78 is 11.3. The lowest BCUT2D eigenvalue weighted by molar-refractivity contribution is 0.00169. The maximum absolute atomic E-state index is 5.83. The maximum Gasteiger partial charge on any atom is 0.0590 e. The van der Waals surface area contributed by atoms with Crippen molar-refractivity contribution in [3.05, 3.63) is 0 Å². The molecule has 0 aromatic carbocycles. The standard InChI is InChI=1S/C14H27NO2/c1-15-13(10-12-5-8-16-9-6-12)11-14-4-2-3-7-17-14/h12-15H,2-11H2,1H3. The van der Waals surface area contributed by atoms with Crippen LogP contribution in [-0.4, -0.2) is 39.0 Å². The first kappa shape index (κ1) is 13.3. The summed E-state index contributed by atoms with van der Waals surface area (Å²) in [5, 5.41) is 3.48. The molecule has 3 nitrogen and oxygen atoms in total. The normalized spacial score (nSPS) is 29.1. The quantitative estimate of drug-likeness (QED) is 0.801. The molecule has 3 heteroatoms. The van der Waals surface area contributed by atoms with Crippen molar-refractivity contribution in [3.8, 4) is 0 Å². The molecule has 2 aliphatic heterocycles. The van der Waals surface area contributed by atoms with Gasteiger partial charge in [-0.1, -0.05) is 0 Å². The van der Waals surface area contributed by atoms with Crippen LogP contribution in [0.25, 0.3) is 0 Å². The monoisotopic (exact) mass is 241 g/mol. The largest absolute Gasteiger partial charge is 0.381 e. The lowest BCUT2D eigenvalue weighted by Crippen LogP contribution is -2.35. The summed E-state index contributed by atoms with van der Waals surface area (Å²) in [4.78, 5) is 0. The summed E-state index contributed by atoms with van der Waals surface area (Å²) >= 11 is 0. The average molecular weight is 241 g/mol. The molecule has 17 heavy (non-hydrogen) atoms. The summed E-state index contributed by atoms with van der Waals surface area (Å²) in [6, 6.07) is 0.626. The van der Waals surface area contributed by atoms with Crippen LogP contribution in [0.4, 0.5) is 0 Å². The first-order chi connectivity index (χ1) is 8.38. The second-order valence-electron chi connectivity index (χ2n) is 5.50. The second-order valence-corrected chi connectivity index (χ2v) is 5.50. The van der Waals surface area contributed by atoms with Crippen molar-refractivity contribution >= 4 is 0 Å². The molecule has 2 unspecified atom stereocenters. The Morgan fingerprint density at radius 3 is 2.53 bits per heavy atom. The fourth-order valence-corrected chi connectivity index (χ4v) is 3.03. The van der Waals surface area contributed by atoms with Crippen molar-refractivity contribution in [1.82, 2.24) is 5.32 Å². The molecular formula is C14H27NO2. The Balaban J connectivity index is 1.71. The topological polar surface area (TPSA) is 30.5 Å². The molecule has 2 rings (SSSR count). The summed E-state index contributed by atoms with van der Waals surface area (Å²) in [5.41, 5.74) is 0. The van der Waals surface area contributed by atoms with Crippen LogP contribution in [0.1, 0.15) is 44.9 Å². The molecule has 0 spiro atoms. The summed E-state index contributed by atoms with van der Waals surface area (Å²) in [6.45, 7) is 2.89. The molecule has 0 amide bonds. The number of nitrogens with one attached hydrogen (secondary N) is 1. The van der Waals surface area contributed by atoms with Crippen LogP contribution in [0.3, 0.4) is 0 Å². The summed E-state index contributed by atoms with van der Waals surface area (Å²) in [6.07, 6.45) is 9.31. The second kappa shape index (κ2) is 7.34. The minimum absolute atomic E-state index is 0.501. The zero-order chi connectivity index (χ0) is 11.9. The van der Waals surface area contributed by atoms with Crippen molar-refractivity contribution in [3.63, 3.8) is 0 Å². The van der Waals surface area contributed by atoms with E-state index >= 15 is 0 Å². The highest BCUT2D eigenvalue weighted by atomic mass is 16.5. The van der Waals surface area contributed by atoms with Gasteiger partial charge in [0.15, 0.2) is 0 Å². The molecule has 0 saturated carbocycles. The van der Waals surface area contributed by atoms with E-state index in [2.05, 4.69) is 12.4 Å². The fourth-order valence-electron chi connectivity index (χ4n) is 3.03. The first-order valence-corrected chi connectivity index (χ1v) is 7.25. The van der Waals surface area contributed by atoms with E-state index in [0.717, 1.165) is 25.7 Å². The van der Waals surface area contributed by atoms with Gasteiger partial charge in [0.1, 0.15) is 0 Å². The van der Waals surface area contributed by atoms with E-state index in [9.17, 15) is 0 Å². The predicted molar refractivity (Wildman–Crippen MR) is 69.2 cm³/mol. The molecule has 2 aliphatic rings. The Labute approximate surface area is 105 Å². The third-order valence-electron chi connectivity index (χ3n) is 4.19. The van der Waals surface area contributed by atoms with Crippen molar-refractivity contribution in [2.45, 2.75) is 57.1 Å². The van der Waals surface area contributed by atoms with Gasteiger partial charge in [-0.15, -0.1) is 0 Å². The molecule has 2 heterocycles. The summed E-state index contributed by atoms with van der Waals surface area (Å²) in [5.74, 6) is 0.852. The Morgan fingerprint density at radius 1 is 1.06 bits per heavy atom. The van der Waals surface area contributed by atoms with Crippen LogP contribution in [0.2, 0.25) is 0 Å². The van der Waals surface area contributed by atoms with E-state index in [1.807, 2.05) is 0 Å². The minimum Gasteiger partial charge on any atom is -0.381 e. The van der Waals surface area contributed by atoms with Gasteiger partial charge in [-0.05, 0) is 57.9 Å². The molecule has 0 bridgehead atoms. The molecule has 0 radical (unpaired) electrons. The van der Waals surface area contributed by atoms with Crippen LogP contribution < -0.4 is 5.32 Å². The molecule has 0 aromatic heterocycles. The summed E-state index contributed by atoms with van der Waals surface area (Å²) in [7, 11) is 2.09. The van der Waals surface area contributed by atoms with E-state index in [1.54, 1.807) is 0 Å². The van der Waals surface area contributed by atoms with Crippen molar-refractivity contribution in [1.29, 1.82) is 0 Å². The van der Waals surface area contributed by atoms with E-state index in [4.69, 9.17) is 9.47 Å². The molecule has 2 saturated heterocycles. The smallest absolute Gasteiger partial charge is 0.0590 e. The highest BCUT2D eigenvalue weighted by Gasteiger charge is 2.22. The molecule has 100 valence electrons. The molecule has 1 N–H and O–H groups in total. The van der Waals surface area contributed by atoms with Crippen molar-refractivity contribution in [2.75, 3.05) is 26.9 Å². The average Bonchev–Trinajstić information content (AvgIpc) is 2.40. The Hall–Kier alpha value is -0.120. The SMILES string of the molecule is CNC(CC1CCOCC1)CC1CCCCO1. The van der Waals surface area contributed by atoms with Crippen LogP contribution in [0.5, 0.6) is 0 Å². The van der Waals surface area contributed by atoms with Gasteiger partial charge >= 0.3 is 0 Å². The molecular weight excluding hydrogens is 214 g/mol. The van der Waals surface area contributed by atoms with Gasteiger partial charge in [-0.2, -0.15) is 0 Å². The fraction of sp³-hybridized carbons (Fsp3) is 1.00. The minimum atomic E-state index is 0.501. The highest BCUT2D eigenvalue weighted by Crippen LogP contribution is 2.24. The Morgan fingerprint density at radius 2 is 1.88 bits per heavy atom. The highest BCUT2D eigenvalue weighted by molar-refractivity contribution is 4.77. The Kier molecular flexibility index (Phi) is 5.75. The van der Waals surface area contributed by atoms with E-state index in [-0.39, 0.29) is 0 Å². The molecule has 2 atom stereocenters. The van der Waals surface area contributed by atoms with Gasteiger partial charge in [-0.25, -0.2) is 0 Å². The zero-order valence-electron chi connectivity index (χ0n) is 11.1. The number of rotatable bonds is 5. The molecule has 0 aromatic rings. The van der Waals surface area contributed by atoms with Crippen molar-refractivity contribution in [2.24, 2.45) is 5.92 Å². The number of hydrogen-bond acceptors (Lipinski definition) is 3. The van der Waals surface area contributed by atoms with Crippen LogP contribution in [0.15, 0.2) is 0 Å². The predicted octanol–water partition coefficient (Wildman–Crippen LogP) is 2.35. The van der Waals surface area contributed by atoms with Gasteiger partial charge in [0.25, 0.3) is 0 Å². The number of hydrogen-bond donors (Lipinski definition) is 1. The van der Waals surface area contributed by atoms with Gasteiger partial charge in [0, 0.05) is 25.9 Å². The zero-order valence-corrected chi connectivity index (χ0v) is 11.1. The van der Waals surface area contributed by atoms with Crippen LogP contribution in [-0.2, 0) is 9.47 Å². The van der Waals surface area contributed by atoms with Crippen LogP contribution >= 0.6 is 0 Å². The third kappa shape index (κ3) is 4.57. The molecule has 2 fully saturated rings. The van der Waals surface area contributed by atoms with E-state index in [0.29, 0.717) is 12.1 Å². The van der Waals surface area contributed by atoms with Gasteiger partial charge in [0.05, 0.1) is 6.10 Å². The lowest BCUT2D eigenvalue weighted by atomic mass is 9.89. The first-order valence-electron chi connectivity index (χ1n) is 7.25. The number of ether oxygens (including phenoxy) is 2. The lowest BCUT2D eigenvalue weighted by Gasteiger charge is -2.30. The Bertz CT molecular complexity index is 178. The van der Waals surface area contributed by atoms with E-state index < -0.39 is 0 Å². The van der Waals surface area contributed by atoms with Crippen molar-refractivity contribution < 1.29 is 9.47 Å². The van der Waals surface area contributed by atoms with Crippen LogP contribution in [0, 0.1) is 5.92 Å². The van der Waals surface area contributed by atoms with Gasteiger partial charge in [-0.3, -0.25) is 0 Å².